The Balaban J connectivity index is 2.40. The van der Waals surface area contributed by atoms with E-state index in [1.54, 1.807) is 19.4 Å². The predicted molar refractivity (Wildman–Crippen MR) is 73.7 cm³/mol. The van der Waals surface area contributed by atoms with Crippen molar-refractivity contribution in [1.29, 1.82) is 0 Å². The number of methoxy groups -OCH3 is 1. The number of hydrogen-bond acceptors (Lipinski definition) is 3. The molecular formula is C14H16ClNO2. The van der Waals surface area contributed by atoms with Crippen molar-refractivity contribution < 1.29 is 9.47 Å². The fraction of sp³-hybridized carbons (Fsp3) is 0.357. The minimum atomic E-state index is 0.669. The smallest absolute Gasteiger partial charge is 0.162 e. The molecule has 2 rings (SSSR count). The molecule has 3 nitrogen and oxygen atoms in total. The number of benzene rings is 1. The van der Waals surface area contributed by atoms with E-state index in [1.807, 2.05) is 12.1 Å². The first-order chi connectivity index (χ1) is 8.76. The first-order valence-corrected chi connectivity index (χ1v) is 6.39. The Morgan fingerprint density at radius 1 is 1.28 bits per heavy atom. The molecule has 0 unspecified atom stereocenters. The van der Waals surface area contributed by atoms with E-state index in [9.17, 15) is 0 Å². The third kappa shape index (κ3) is 2.67. The Bertz CT molecular complexity index is 543. The number of ether oxygens (including phenoxy) is 2. The van der Waals surface area contributed by atoms with Gasteiger partial charge in [0.25, 0.3) is 0 Å². The third-order valence-corrected chi connectivity index (χ3v) is 3.06. The number of halogens is 1. The predicted octanol–water partition coefficient (Wildman–Crippen LogP) is 4.08. The number of rotatable bonds is 5. The molecule has 4 heteroatoms. The van der Waals surface area contributed by atoms with Crippen LogP contribution >= 0.6 is 11.6 Å². The van der Waals surface area contributed by atoms with Gasteiger partial charge in [-0.05, 0) is 18.6 Å². The second-order valence-corrected chi connectivity index (χ2v) is 4.42. The second-order valence-electron chi connectivity index (χ2n) is 4.02. The minimum Gasteiger partial charge on any atom is -0.493 e. The summed E-state index contributed by atoms with van der Waals surface area (Å²) >= 11 is 6.15. The molecule has 0 spiro atoms. The van der Waals surface area contributed by atoms with E-state index >= 15 is 0 Å². The summed E-state index contributed by atoms with van der Waals surface area (Å²) in [6.45, 7) is 2.80. The Morgan fingerprint density at radius 3 is 2.83 bits per heavy atom. The molecule has 0 amide bonds. The van der Waals surface area contributed by atoms with E-state index in [0.29, 0.717) is 23.1 Å². The van der Waals surface area contributed by atoms with Crippen LogP contribution in [0, 0.1) is 0 Å². The SMILES string of the molecule is CCCCOc1cc2c(Cl)ccnc2cc1OC. The molecule has 0 aliphatic heterocycles. The van der Waals surface area contributed by atoms with Crippen molar-refractivity contribution in [3.63, 3.8) is 0 Å². The lowest BCUT2D eigenvalue weighted by molar-refractivity contribution is 0.289. The number of pyridine rings is 1. The summed E-state index contributed by atoms with van der Waals surface area (Å²) in [4.78, 5) is 4.27. The van der Waals surface area contributed by atoms with Gasteiger partial charge in [-0.2, -0.15) is 0 Å². The summed E-state index contributed by atoms with van der Waals surface area (Å²) in [6, 6.07) is 5.51. The van der Waals surface area contributed by atoms with Gasteiger partial charge in [-0.1, -0.05) is 24.9 Å². The van der Waals surface area contributed by atoms with Crippen LogP contribution in [0.15, 0.2) is 24.4 Å². The molecule has 0 fully saturated rings. The second kappa shape index (κ2) is 5.91. The van der Waals surface area contributed by atoms with Crippen LogP contribution in [0.1, 0.15) is 19.8 Å². The van der Waals surface area contributed by atoms with Crippen molar-refractivity contribution in [3.05, 3.63) is 29.4 Å². The highest BCUT2D eigenvalue weighted by atomic mass is 35.5. The fourth-order valence-corrected chi connectivity index (χ4v) is 1.93. The van der Waals surface area contributed by atoms with Gasteiger partial charge in [0.2, 0.25) is 0 Å². The highest BCUT2D eigenvalue weighted by Gasteiger charge is 2.09. The monoisotopic (exact) mass is 265 g/mol. The van der Waals surface area contributed by atoms with Gasteiger partial charge in [0.05, 0.1) is 24.3 Å². The maximum absolute atomic E-state index is 6.15. The topological polar surface area (TPSA) is 31.4 Å². The molecule has 0 bridgehead atoms. The first kappa shape index (κ1) is 13.0. The molecule has 1 aromatic carbocycles. The number of nitrogens with zero attached hydrogens (tertiary/aromatic N) is 1. The summed E-state index contributed by atoms with van der Waals surface area (Å²) < 4.78 is 11.0. The van der Waals surface area contributed by atoms with Crippen LogP contribution in [-0.4, -0.2) is 18.7 Å². The van der Waals surface area contributed by atoms with Gasteiger partial charge in [0, 0.05) is 17.6 Å². The average Bonchev–Trinajstić information content (AvgIpc) is 2.39. The van der Waals surface area contributed by atoms with E-state index in [0.717, 1.165) is 23.7 Å². The molecule has 96 valence electrons. The Morgan fingerprint density at radius 2 is 2.11 bits per heavy atom. The molecule has 0 radical (unpaired) electrons. The molecular weight excluding hydrogens is 250 g/mol. The summed E-state index contributed by atoms with van der Waals surface area (Å²) in [5.74, 6) is 1.40. The highest BCUT2D eigenvalue weighted by Crippen LogP contribution is 2.34. The maximum atomic E-state index is 6.15. The van der Waals surface area contributed by atoms with E-state index in [4.69, 9.17) is 21.1 Å². The average molecular weight is 266 g/mol. The molecule has 0 aliphatic rings. The van der Waals surface area contributed by atoms with Crippen LogP contribution in [0.4, 0.5) is 0 Å². The van der Waals surface area contributed by atoms with Crippen molar-refractivity contribution in [2.45, 2.75) is 19.8 Å². The maximum Gasteiger partial charge on any atom is 0.162 e. The van der Waals surface area contributed by atoms with E-state index in [2.05, 4.69) is 11.9 Å². The van der Waals surface area contributed by atoms with Gasteiger partial charge in [-0.15, -0.1) is 0 Å². The summed E-state index contributed by atoms with van der Waals surface area (Å²) in [6.07, 6.45) is 3.79. The Labute approximate surface area is 112 Å². The molecule has 2 aromatic rings. The molecule has 0 saturated heterocycles. The zero-order valence-electron chi connectivity index (χ0n) is 10.6. The van der Waals surface area contributed by atoms with Gasteiger partial charge in [0.1, 0.15) is 0 Å². The third-order valence-electron chi connectivity index (χ3n) is 2.73. The van der Waals surface area contributed by atoms with Gasteiger partial charge >= 0.3 is 0 Å². The molecule has 0 aliphatic carbocycles. The molecule has 1 heterocycles. The number of aromatic nitrogens is 1. The minimum absolute atomic E-state index is 0.669. The van der Waals surface area contributed by atoms with Crippen molar-refractivity contribution in [3.8, 4) is 11.5 Å². The van der Waals surface area contributed by atoms with E-state index < -0.39 is 0 Å². The van der Waals surface area contributed by atoms with Crippen molar-refractivity contribution in [2.75, 3.05) is 13.7 Å². The lowest BCUT2D eigenvalue weighted by Crippen LogP contribution is -1.99. The zero-order chi connectivity index (χ0) is 13.0. The van der Waals surface area contributed by atoms with Gasteiger partial charge in [-0.25, -0.2) is 0 Å². The molecule has 0 saturated carbocycles. The summed E-state index contributed by atoms with van der Waals surface area (Å²) in [5.41, 5.74) is 0.808. The lowest BCUT2D eigenvalue weighted by atomic mass is 10.2. The Kier molecular flexibility index (Phi) is 4.26. The van der Waals surface area contributed by atoms with Crippen LogP contribution in [0.25, 0.3) is 10.9 Å². The van der Waals surface area contributed by atoms with Crippen LogP contribution in [-0.2, 0) is 0 Å². The fourth-order valence-electron chi connectivity index (χ4n) is 1.72. The largest absolute Gasteiger partial charge is 0.493 e. The van der Waals surface area contributed by atoms with Crippen LogP contribution in [0.5, 0.6) is 11.5 Å². The van der Waals surface area contributed by atoms with Gasteiger partial charge < -0.3 is 9.47 Å². The van der Waals surface area contributed by atoms with Gasteiger partial charge in [-0.3, -0.25) is 4.98 Å². The number of fused-ring (bicyclic) bond motifs is 1. The van der Waals surface area contributed by atoms with Crippen LogP contribution < -0.4 is 9.47 Å². The first-order valence-electron chi connectivity index (χ1n) is 6.01. The highest BCUT2D eigenvalue weighted by molar-refractivity contribution is 6.35. The van der Waals surface area contributed by atoms with Crippen LogP contribution in [0.3, 0.4) is 0 Å². The van der Waals surface area contributed by atoms with Crippen molar-refractivity contribution in [1.82, 2.24) is 4.98 Å². The number of unbranched alkanes of at least 4 members (excludes halogenated alkanes) is 1. The molecule has 1 aromatic heterocycles. The standard InChI is InChI=1S/C14H16ClNO2/c1-3-4-7-18-14-8-10-11(15)5-6-16-12(10)9-13(14)17-2/h5-6,8-9H,3-4,7H2,1-2H3. The quantitative estimate of drug-likeness (QED) is 0.764. The summed E-state index contributed by atoms with van der Waals surface area (Å²) in [5, 5.41) is 1.55. The number of hydrogen-bond donors (Lipinski definition) is 0. The molecule has 0 atom stereocenters. The normalized spacial score (nSPS) is 10.6. The molecule has 0 N–H and O–H groups in total. The van der Waals surface area contributed by atoms with Crippen molar-refractivity contribution in [2.24, 2.45) is 0 Å². The van der Waals surface area contributed by atoms with Gasteiger partial charge in [0.15, 0.2) is 11.5 Å². The van der Waals surface area contributed by atoms with Crippen molar-refractivity contribution >= 4 is 22.5 Å². The lowest BCUT2D eigenvalue weighted by Gasteiger charge is -2.12. The van der Waals surface area contributed by atoms with E-state index in [-0.39, 0.29) is 0 Å². The molecule has 18 heavy (non-hydrogen) atoms. The Hall–Kier alpha value is -1.48. The zero-order valence-corrected chi connectivity index (χ0v) is 11.3. The van der Waals surface area contributed by atoms with E-state index in [1.165, 1.54) is 0 Å². The van der Waals surface area contributed by atoms with Crippen LogP contribution in [0.2, 0.25) is 5.02 Å². The summed E-state index contributed by atoms with van der Waals surface area (Å²) in [7, 11) is 1.62.